The molecule has 0 aliphatic rings. The third-order valence-corrected chi connectivity index (χ3v) is 5.25. The fraction of sp³-hybridized carbons (Fsp3) is 1.00. The Morgan fingerprint density at radius 1 is 0.889 bits per heavy atom. The first kappa shape index (κ1) is 27.0. The van der Waals surface area contributed by atoms with Crippen LogP contribution in [0.1, 0.15) is 96.8 Å². The molecular formula is C18H42N3O5P. The Balaban J connectivity index is 3.68. The van der Waals surface area contributed by atoms with Crippen LogP contribution in [0, 0.1) is 0 Å². The molecule has 0 saturated heterocycles. The minimum atomic E-state index is -4.58. The van der Waals surface area contributed by atoms with E-state index in [1.54, 1.807) is 0 Å². The van der Waals surface area contributed by atoms with E-state index < -0.39 is 20.0 Å². The second kappa shape index (κ2) is 18.0. The molecule has 27 heavy (non-hydrogen) atoms. The van der Waals surface area contributed by atoms with Crippen molar-refractivity contribution >= 4 is 7.82 Å². The van der Waals surface area contributed by atoms with Crippen molar-refractivity contribution in [1.82, 2.24) is 5.59 Å². The van der Waals surface area contributed by atoms with Gasteiger partial charge in [-0.15, -0.1) is 5.59 Å². The molecule has 0 heterocycles. The maximum absolute atomic E-state index is 11.1. The standard InChI is InChI=1S/C18H42N3O5P/c1-2-3-4-5-6-7-8-9-10-11-12-13-14-15-18(26-27(22,23)24)17(19)16-25-21-20/h17-18,21H,2-16,19-20H2,1H3,(H2,22,23,24). The lowest BCUT2D eigenvalue weighted by Crippen LogP contribution is -2.42. The van der Waals surface area contributed by atoms with Crippen molar-refractivity contribution < 1.29 is 23.7 Å². The van der Waals surface area contributed by atoms with E-state index >= 15 is 0 Å². The minimum Gasteiger partial charge on any atom is -0.323 e. The highest BCUT2D eigenvalue weighted by atomic mass is 31.2. The minimum absolute atomic E-state index is 0.0135. The van der Waals surface area contributed by atoms with E-state index in [1.807, 2.05) is 5.59 Å². The smallest absolute Gasteiger partial charge is 0.323 e. The zero-order valence-electron chi connectivity index (χ0n) is 17.0. The first-order chi connectivity index (χ1) is 12.9. The number of hydrazine groups is 1. The molecule has 0 saturated carbocycles. The Morgan fingerprint density at radius 2 is 1.33 bits per heavy atom. The van der Waals surface area contributed by atoms with Crippen LogP contribution in [0.15, 0.2) is 0 Å². The summed E-state index contributed by atoms with van der Waals surface area (Å²) in [4.78, 5) is 22.8. The molecule has 0 fully saturated rings. The van der Waals surface area contributed by atoms with Crippen molar-refractivity contribution in [1.29, 1.82) is 0 Å². The molecule has 0 aliphatic carbocycles. The SMILES string of the molecule is CCCCCCCCCCCCCCCC(OP(=O)(O)O)C(N)CONN. The normalized spacial score (nSPS) is 14.4. The Kier molecular flexibility index (Phi) is 18.0. The van der Waals surface area contributed by atoms with Crippen molar-refractivity contribution in [3.63, 3.8) is 0 Å². The summed E-state index contributed by atoms with van der Waals surface area (Å²) in [5.41, 5.74) is 7.87. The Bertz CT molecular complexity index is 371. The van der Waals surface area contributed by atoms with Crippen molar-refractivity contribution in [2.75, 3.05) is 6.61 Å². The zero-order chi connectivity index (χ0) is 20.4. The second-order valence-electron chi connectivity index (χ2n) is 7.26. The molecule has 0 aromatic heterocycles. The van der Waals surface area contributed by atoms with E-state index in [4.69, 9.17) is 30.7 Å². The van der Waals surface area contributed by atoms with Gasteiger partial charge in [-0.25, -0.2) is 10.4 Å². The van der Waals surface area contributed by atoms with Crippen molar-refractivity contribution in [3.8, 4) is 0 Å². The number of nitrogens with one attached hydrogen (secondary N) is 1. The van der Waals surface area contributed by atoms with Crippen LogP contribution in [0.3, 0.4) is 0 Å². The van der Waals surface area contributed by atoms with Crippen LogP contribution in [-0.2, 0) is 13.9 Å². The largest absolute Gasteiger partial charge is 0.469 e. The number of rotatable bonds is 20. The van der Waals surface area contributed by atoms with Crippen LogP contribution in [0.5, 0.6) is 0 Å². The van der Waals surface area contributed by atoms with Crippen molar-refractivity contribution in [3.05, 3.63) is 0 Å². The molecule has 0 aromatic rings. The number of phosphoric ester groups is 1. The molecular weight excluding hydrogens is 369 g/mol. The Labute approximate surface area is 164 Å². The molecule has 0 rings (SSSR count). The van der Waals surface area contributed by atoms with Gasteiger partial charge in [-0.1, -0.05) is 90.4 Å². The number of nitrogens with two attached hydrogens (primary N) is 2. The predicted molar refractivity (Wildman–Crippen MR) is 108 cm³/mol. The molecule has 0 aliphatic heterocycles. The summed E-state index contributed by atoms with van der Waals surface area (Å²) >= 11 is 0. The van der Waals surface area contributed by atoms with Crippen LogP contribution in [-0.4, -0.2) is 28.5 Å². The van der Waals surface area contributed by atoms with Gasteiger partial charge >= 0.3 is 7.82 Å². The highest BCUT2D eigenvalue weighted by Gasteiger charge is 2.27. The van der Waals surface area contributed by atoms with E-state index in [2.05, 4.69) is 6.92 Å². The van der Waals surface area contributed by atoms with Crippen LogP contribution in [0.2, 0.25) is 0 Å². The third kappa shape index (κ3) is 19.1. The van der Waals surface area contributed by atoms with Crippen molar-refractivity contribution in [2.24, 2.45) is 11.6 Å². The zero-order valence-corrected chi connectivity index (χ0v) is 17.9. The Morgan fingerprint density at radius 3 is 1.74 bits per heavy atom. The van der Waals surface area contributed by atoms with E-state index in [9.17, 15) is 4.57 Å². The number of unbranched alkanes of at least 4 members (excludes halogenated alkanes) is 12. The average molecular weight is 412 g/mol. The summed E-state index contributed by atoms with van der Waals surface area (Å²) in [5.74, 6) is 5.01. The number of hydrogen-bond donors (Lipinski definition) is 5. The van der Waals surface area contributed by atoms with E-state index in [0.717, 1.165) is 19.3 Å². The molecule has 0 amide bonds. The molecule has 9 heteroatoms. The van der Waals surface area contributed by atoms with Gasteiger partial charge in [0.25, 0.3) is 0 Å². The van der Waals surface area contributed by atoms with E-state index in [1.165, 1.54) is 64.2 Å². The van der Waals surface area contributed by atoms with Crippen LogP contribution in [0.4, 0.5) is 0 Å². The van der Waals surface area contributed by atoms with Gasteiger partial charge in [0.15, 0.2) is 0 Å². The van der Waals surface area contributed by atoms with Gasteiger partial charge < -0.3 is 15.5 Å². The maximum atomic E-state index is 11.1. The number of hydrogen-bond acceptors (Lipinski definition) is 6. The lowest BCUT2D eigenvalue weighted by atomic mass is 10.0. The summed E-state index contributed by atoms with van der Waals surface area (Å²) in [6.07, 6.45) is 15.9. The fourth-order valence-electron chi connectivity index (χ4n) is 3.14. The van der Waals surface area contributed by atoms with Crippen molar-refractivity contribution in [2.45, 2.75) is 109 Å². The van der Waals surface area contributed by atoms with Gasteiger partial charge in [0.05, 0.1) is 18.8 Å². The summed E-state index contributed by atoms with van der Waals surface area (Å²) in [6, 6.07) is -0.661. The van der Waals surface area contributed by atoms with Gasteiger partial charge in [0, 0.05) is 0 Å². The van der Waals surface area contributed by atoms with E-state index in [0.29, 0.717) is 6.42 Å². The first-order valence-corrected chi connectivity index (χ1v) is 12.0. The molecule has 8 nitrogen and oxygen atoms in total. The van der Waals surface area contributed by atoms with Crippen LogP contribution in [0.25, 0.3) is 0 Å². The summed E-state index contributed by atoms with van der Waals surface area (Å²) in [5, 5.41) is 0. The summed E-state index contributed by atoms with van der Waals surface area (Å²) < 4.78 is 15.9. The molecule has 0 radical (unpaired) electrons. The monoisotopic (exact) mass is 411 g/mol. The third-order valence-electron chi connectivity index (χ3n) is 4.70. The first-order valence-electron chi connectivity index (χ1n) is 10.5. The molecule has 7 N–H and O–H groups in total. The fourth-order valence-corrected chi connectivity index (χ4v) is 3.75. The van der Waals surface area contributed by atoms with Crippen LogP contribution >= 0.6 is 7.82 Å². The summed E-state index contributed by atoms with van der Waals surface area (Å²) in [6.45, 7) is 2.26. The highest BCUT2D eigenvalue weighted by molar-refractivity contribution is 7.46. The maximum Gasteiger partial charge on any atom is 0.469 e. The van der Waals surface area contributed by atoms with Gasteiger partial charge in [-0.3, -0.25) is 9.36 Å². The lowest BCUT2D eigenvalue weighted by molar-refractivity contribution is 0.00248. The molecule has 2 atom stereocenters. The van der Waals surface area contributed by atoms with E-state index in [-0.39, 0.29) is 6.61 Å². The molecule has 2 unspecified atom stereocenters. The predicted octanol–water partition coefficient (Wildman–Crippen LogP) is 3.67. The topological polar surface area (TPSA) is 140 Å². The van der Waals surface area contributed by atoms with Crippen LogP contribution < -0.4 is 17.2 Å². The number of phosphoric acid groups is 1. The molecule has 0 bridgehead atoms. The van der Waals surface area contributed by atoms with Gasteiger partial charge in [0.1, 0.15) is 0 Å². The van der Waals surface area contributed by atoms with Gasteiger partial charge in [-0.05, 0) is 6.42 Å². The second-order valence-corrected chi connectivity index (χ2v) is 8.45. The molecule has 164 valence electrons. The Hall–Kier alpha value is -0.0500. The van der Waals surface area contributed by atoms with Gasteiger partial charge in [-0.2, -0.15) is 0 Å². The quantitative estimate of drug-likeness (QED) is 0.0884. The lowest BCUT2D eigenvalue weighted by Gasteiger charge is -2.24. The molecule has 0 aromatic carbocycles. The average Bonchev–Trinajstić information content (AvgIpc) is 2.61. The van der Waals surface area contributed by atoms with Gasteiger partial charge in [0.2, 0.25) is 0 Å². The highest BCUT2D eigenvalue weighted by Crippen LogP contribution is 2.39. The molecule has 0 spiro atoms. The summed E-state index contributed by atoms with van der Waals surface area (Å²) in [7, 11) is -4.58.